The van der Waals surface area contributed by atoms with E-state index >= 15 is 0 Å². The molecule has 0 N–H and O–H groups in total. The van der Waals surface area contributed by atoms with E-state index in [4.69, 9.17) is 9.15 Å². The molecule has 1 aliphatic rings. The maximum atomic E-state index is 12.1. The van der Waals surface area contributed by atoms with Gasteiger partial charge in [-0.05, 0) is 79.8 Å². The molecule has 1 fully saturated rings. The molecule has 4 nitrogen and oxygen atoms in total. The number of methoxy groups -OCH3 is 1. The van der Waals surface area contributed by atoms with Gasteiger partial charge in [-0.2, -0.15) is 0 Å². The standard InChI is InChI=1S/C23H25NO3/c1-15-10-20-18(13-23(25)27-22(20)11-16(15)2)14-24-9-5-8-21(24)17-6-4-7-19(12-17)26-3/h4,6-7,10-13,21H,5,8-9,14H2,1-3H3. The van der Waals surface area contributed by atoms with Crippen LogP contribution in [-0.2, 0) is 6.54 Å². The maximum Gasteiger partial charge on any atom is 0.336 e. The molecule has 1 aromatic heterocycles. The molecule has 0 spiro atoms. The van der Waals surface area contributed by atoms with Gasteiger partial charge in [-0.25, -0.2) is 4.79 Å². The molecule has 3 aromatic rings. The summed E-state index contributed by atoms with van der Waals surface area (Å²) in [7, 11) is 1.70. The van der Waals surface area contributed by atoms with Gasteiger partial charge in [-0.1, -0.05) is 12.1 Å². The zero-order chi connectivity index (χ0) is 19.0. The van der Waals surface area contributed by atoms with Crippen LogP contribution in [-0.4, -0.2) is 18.6 Å². The highest BCUT2D eigenvalue weighted by atomic mass is 16.5. The fourth-order valence-electron chi connectivity index (χ4n) is 4.07. The van der Waals surface area contributed by atoms with Gasteiger partial charge in [0.2, 0.25) is 0 Å². The number of ether oxygens (including phenoxy) is 1. The molecule has 27 heavy (non-hydrogen) atoms. The molecule has 1 aliphatic heterocycles. The normalized spacial score (nSPS) is 17.5. The van der Waals surface area contributed by atoms with Crippen LogP contribution >= 0.6 is 0 Å². The van der Waals surface area contributed by atoms with Gasteiger partial charge in [-0.3, -0.25) is 4.90 Å². The van der Waals surface area contributed by atoms with Crippen molar-refractivity contribution in [1.82, 2.24) is 4.90 Å². The Morgan fingerprint density at radius 1 is 1.15 bits per heavy atom. The quantitative estimate of drug-likeness (QED) is 0.627. The minimum absolute atomic E-state index is 0.280. The van der Waals surface area contributed by atoms with Gasteiger partial charge >= 0.3 is 5.63 Å². The lowest BCUT2D eigenvalue weighted by Crippen LogP contribution is -2.23. The first kappa shape index (κ1) is 17.8. The van der Waals surface area contributed by atoms with Crippen molar-refractivity contribution < 1.29 is 9.15 Å². The van der Waals surface area contributed by atoms with Crippen LogP contribution in [0.4, 0.5) is 0 Å². The molecule has 140 valence electrons. The average molecular weight is 363 g/mol. The summed E-state index contributed by atoms with van der Waals surface area (Å²) < 4.78 is 10.8. The number of nitrogens with zero attached hydrogens (tertiary/aromatic N) is 1. The summed E-state index contributed by atoms with van der Waals surface area (Å²) in [6.45, 7) is 5.90. The SMILES string of the molecule is COc1cccc(C2CCCN2Cc2cc(=O)oc3cc(C)c(C)cc23)c1. The molecular weight excluding hydrogens is 338 g/mol. The van der Waals surface area contributed by atoms with Crippen LogP contribution in [0.1, 0.15) is 41.1 Å². The van der Waals surface area contributed by atoms with Crippen LogP contribution in [0.5, 0.6) is 5.75 Å². The number of benzene rings is 2. The highest BCUT2D eigenvalue weighted by Crippen LogP contribution is 2.35. The van der Waals surface area contributed by atoms with Gasteiger partial charge in [0.1, 0.15) is 11.3 Å². The molecule has 4 heteroatoms. The third-order valence-electron chi connectivity index (χ3n) is 5.66. The summed E-state index contributed by atoms with van der Waals surface area (Å²) in [6.07, 6.45) is 2.27. The van der Waals surface area contributed by atoms with E-state index in [1.165, 1.54) is 11.1 Å². The van der Waals surface area contributed by atoms with E-state index in [2.05, 4.69) is 30.0 Å². The molecule has 0 radical (unpaired) electrons. The molecule has 4 rings (SSSR count). The Labute approximate surface area is 159 Å². The van der Waals surface area contributed by atoms with Crippen molar-refractivity contribution in [2.24, 2.45) is 0 Å². The number of likely N-dealkylation sites (tertiary alicyclic amines) is 1. The minimum Gasteiger partial charge on any atom is -0.497 e. The minimum atomic E-state index is -0.280. The van der Waals surface area contributed by atoms with Crippen LogP contribution < -0.4 is 10.4 Å². The van der Waals surface area contributed by atoms with Gasteiger partial charge in [0.05, 0.1) is 7.11 Å². The molecule has 1 unspecified atom stereocenters. The third kappa shape index (κ3) is 3.50. The summed E-state index contributed by atoms with van der Waals surface area (Å²) in [6, 6.07) is 14.4. The number of fused-ring (bicyclic) bond motifs is 1. The van der Waals surface area contributed by atoms with E-state index in [1.807, 2.05) is 25.1 Å². The van der Waals surface area contributed by atoms with Gasteiger partial charge < -0.3 is 9.15 Å². The highest BCUT2D eigenvalue weighted by Gasteiger charge is 2.27. The predicted octanol–water partition coefficient (Wildman–Crippen LogP) is 4.76. The Morgan fingerprint density at radius 3 is 2.78 bits per heavy atom. The van der Waals surface area contributed by atoms with Crippen molar-refractivity contribution in [2.75, 3.05) is 13.7 Å². The first-order valence-electron chi connectivity index (χ1n) is 9.47. The van der Waals surface area contributed by atoms with Gasteiger partial charge in [0, 0.05) is 24.0 Å². The number of hydrogen-bond acceptors (Lipinski definition) is 4. The van der Waals surface area contributed by atoms with E-state index < -0.39 is 0 Å². The summed E-state index contributed by atoms with van der Waals surface area (Å²) in [5.74, 6) is 0.885. The first-order valence-corrected chi connectivity index (χ1v) is 9.47. The lowest BCUT2D eigenvalue weighted by molar-refractivity contribution is 0.248. The molecule has 0 aliphatic carbocycles. The second-order valence-electron chi connectivity index (χ2n) is 7.43. The molecule has 0 amide bonds. The van der Waals surface area contributed by atoms with E-state index in [-0.39, 0.29) is 5.63 Å². The van der Waals surface area contributed by atoms with E-state index in [0.717, 1.165) is 48.2 Å². The van der Waals surface area contributed by atoms with Crippen molar-refractivity contribution >= 4 is 11.0 Å². The summed E-state index contributed by atoms with van der Waals surface area (Å²) in [5, 5.41) is 1.04. The monoisotopic (exact) mass is 363 g/mol. The Balaban J connectivity index is 1.70. The highest BCUT2D eigenvalue weighted by molar-refractivity contribution is 5.81. The zero-order valence-corrected chi connectivity index (χ0v) is 16.1. The van der Waals surface area contributed by atoms with Crippen LogP contribution in [0.3, 0.4) is 0 Å². The zero-order valence-electron chi connectivity index (χ0n) is 16.1. The van der Waals surface area contributed by atoms with Crippen molar-refractivity contribution in [2.45, 2.75) is 39.3 Å². The molecular formula is C23H25NO3. The molecule has 1 atom stereocenters. The smallest absolute Gasteiger partial charge is 0.336 e. The van der Waals surface area contributed by atoms with Crippen molar-refractivity contribution in [3.8, 4) is 5.75 Å². The molecule has 2 heterocycles. The predicted molar refractivity (Wildman–Crippen MR) is 107 cm³/mol. The Bertz CT molecular complexity index is 1040. The number of aryl methyl sites for hydroxylation is 2. The van der Waals surface area contributed by atoms with E-state index in [9.17, 15) is 4.79 Å². The maximum absolute atomic E-state index is 12.1. The average Bonchev–Trinajstić information content (AvgIpc) is 3.11. The molecule has 2 aromatic carbocycles. The fourth-order valence-corrected chi connectivity index (χ4v) is 4.07. The van der Waals surface area contributed by atoms with E-state index in [0.29, 0.717) is 11.6 Å². The Kier molecular flexibility index (Phi) is 4.75. The largest absolute Gasteiger partial charge is 0.497 e. The number of hydrogen-bond donors (Lipinski definition) is 0. The number of rotatable bonds is 4. The first-order chi connectivity index (χ1) is 13.0. The second kappa shape index (κ2) is 7.20. The van der Waals surface area contributed by atoms with Crippen LogP contribution in [0.25, 0.3) is 11.0 Å². The third-order valence-corrected chi connectivity index (χ3v) is 5.66. The van der Waals surface area contributed by atoms with Crippen LogP contribution in [0.15, 0.2) is 51.7 Å². The van der Waals surface area contributed by atoms with Crippen molar-refractivity contribution in [3.05, 3.63) is 75.1 Å². The Hall–Kier alpha value is -2.59. The summed E-state index contributed by atoms with van der Waals surface area (Å²) in [5.41, 5.74) is 5.06. The molecule has 1 saturated heterocycles. The van der Waals surface area contributed by atoms with Crippen LogP contribution in [0.2, 0.25) is 0 Å². The van der Waals surface area contributed by atoms with Gasteiger partial charge in [0.15, 0.2) is 0 Å². The fraction of sp³-hybridized carbons (Fsp3) is 0.348. The van der Waals surface area contributed by atoms with Gasteiger partial charge in [-0.15, -0.1) is 0 Å². The van der Waals surface area contributed by atoms with Crippen LogP contribution in [0, 0.1) is 13.8 Å². The Morgan fingerprint density at radius 2 is 1.96 bits per heavy atom. The molecule has 0 saturated carbocycles. The topological polar surface area (TPSA) is 42.7 Å². The van der Waals surface area contributed by atoms with Crippen molar-refractivity contribution in [1.29, 1.82) is 0 Å². The summed E-state index contributed by atoms with van der Waals surface area (Å²) >= 11 is 0. The lowest BCUT2D eigenvalue weighted by atomic mass is 10.0. The van der Waals surface area contributed by atoms with Crippen molar-refractivity contribution in [3.63, 3.8) is 0 Å². The van der Waals surface area contributed by atoms with E-state index in [1.54, 1.807) is 13.2 Å². The second-order valence-corrected chi connectivity index (χ2v) is 7.43. The lowest BCUT2D eigenvalue weighted by Gasteiger charge is -2.25. The molecule has 0 bridgehead atoms. The summed E-state index contributed by atoms with van der Waals surface area (Å²) in [4.78, 5) is 14.6. The van der Waals surface area contributed by atoms with Gasteiger partial charge in [0.25, 0.3) is 0 Å².